The predicted molar refractivity (Wildman–Crippen MR) is 109 cm³/mol. The number of hydrogen-bond acceptors (Lipinski definition) is 3. The number of allylic oxidation sites excluding steroid dienone is 3. The van der Waals surface area contributed by atoms with Gasteiger partial charge >= 0.3 is 12.6 Å². The summed E-state index contributed by atoms with van der Waals surface area (Å²) in [5, 5.41) is 0. The summed E-state index contributed by atoms with van der Waals surface area (Å²) in [6.45, 7) is -3.38. The second-order valence-corrected chi connectivity index (χ2v) is 8.64. The molecular weight excluding hydrogens is 450 g/mol. The molecule has 1 aromatic carbocycles. The summed E-state index contributed by atoms with van der Waals surface area (Å²) in [6, 6.07) is 1.28. The van der Waals surface area contributed by atoms with Gasteiger partial charge in [-0.15, -0.1) is 0 Å². The Bertz CT molecular complexity index is 842. The van der Waals surface area contributed by atoms with E-state index in [4.69, 9.17) is 4.74 Å². The van der Waals surface area contributed by atoms with Crippen LogP contribution in [0, 0.1) is 35.3 Å². The molecule has 1 aromatic rings. The monoisotopic (exact) mass is 476 g/mol. The number of alkyl halides is 2. The van der Waals surface area contributed by atoms with Gasteiger partial charge in [0.05, 0.1) is 5.92 Å². The van der Waals surface area contributed by atoms with Crippen LogP contribution in [0.5, 0.6) is 11.5 Å². The Morgan fingerprint density at radius 1 is 0.848 bits per heavy atom. The van der Waals surface area contributed by atoms with Crippen LogP contribution in [0.4, 0.5) is 26.3 Å². The van der Waals surface area contributed by atoms with Gasteiger partial charge in [0.2, 0.25) is 0 Å². The van der Waals surface area contributed by atoms with Crippen LogP contribution in [0.3, 0.4) is 0 Å². The fourth-order valence-electron chi connectivity index (χ4n) is 4.54. The lowest BCUT2D eigenvalue weighted by molar-refractivity contribution is -0.140. The maximum absolute atomic E-state index is 13.8. The number of halogens is 6. The molecule has 33 heavy (non-hydrogen) atoms. The minimum atomic E-state index is -3.38. The molecule has 0 amide bonds. The van der Waals surface area contributed by atoms with E-state index < -0.39 is 47.7 Å². The summed E-state index contributed by atoms with van der Waals surface area (Å²) >= 11 is 0. The number of ether oxygens (including phenoxy) is 2. The first-order chi connectivity index (χ1) is 15.7. The first kappa shape index (κ1) is 25.2. The number of hydrogen-bond donors (Lipinski definition) is 0. The van der Waals surface area contributed by atoms with E-state index in [-0.39, 0.29) is 5.92 Å². The van der Waals surface area contributed by atoms with Gasteiger partial charge in [0, 0.05) is 12.1 Å². The van der Waals surface area contributed by atoms with Gasteiger partial charge in [-0.2, -0.15) is 17.6 Å². The first-order valence-corrected chi connectivity index (χ1v) is 11.1. The fraction of sp³-hybridized carbons (Fsp3) is 0.542. The van der Waals surface area contributed by atoms with E-state index in [1.807, 2.05) is 0 Å². The van der Waals surface area contributed by atoms with Crippen LogP contribution < -0.4 is 9.47 Å². The maximum Gasteiger partial charge on any atom is 0.387 e. The van der Waals surface area contributed by atoms with Gasteiger partial charge in [-0.1, -0.05) is 12.2 Å². The summed E-state index contributed by atoms with van der Waals surface area (Å²) in [4.78, 5) is 12.4. The lowest BCUT2D eigenvalue weighted by Gasteiger charge is -2.27. The lowest BCUT2D eigenvalue weighted by atomic mass is 9.79. The minimum Gasteiger partial charge on any atom is -0.429 e. The second-order valence-electron chi connectivity index (χ2n) is 8.64. The molecule has 2 saturated carbocycles. The Morgan fingerprint density at radius 3 is 1.82 bits per heavy atom. The summed E-state index contributed by atoms with van der Waals surface area (Å²) in [6.07, 6.45) is 9.61. The highest BCUT2D eigenvalue weighted by molar-refractivity contribution is 5.75. The van der Waals surface area contributed by atoms with Crippen molar-refractivity contribution in [3.63, 3.8) is 0 Å². The van der Waals surface area contributed by atoms with Gasteiger partial charge in [0.1, 0.15) is 5.75 Å². The summed E-state index contributed by atoms with van der Waals surface area (Å²) in [7, 11) is 0. The molecule has 0 N–H and O–H groups in total. The fourth-order valence-corrected chi connectivity index (χ4v) is 4.54. The lowest BCUT2D eigenvalue weighted by Crippen LogP contribution is -2.25. The average Bonchev–Trinajstić information content (AvgIpc) is 2.75. The molecule has 0 unspecified atom stereocenters. The van der Waals surface area contributed by atoms with Crippen LogP contribution in [-0.4, -0.2) is 12.6 Å². The zero-order chi connectivity index (χ0) is 24.0. The highest BCUT2D eigenvalue weighted by Gasteiger charge is 2.28. The van der Waals surface area contributed by atoms with E-state index in [0.29, 0.717) is 36.8 Å². The molecule has 0 saturated heterocycles. The van der Waals surface area contributed by atoms with Crippen molar-refractivity contribution in [2.75, 3.05) is 0 Å². The number of benzene rings is 1. The topological polar surface area (TPSA) is 35.5 Å². The Balaban J connectivity index is 1.45. The molecule has 3 nitrogen and oxygen atoms in total. The zero-order valence-electron chi connectivity index (χ0n) is 17.9. The molecular formula is C24H26F6O3. The second kappa shape index (κ2) is 11.6. The third kappa shape index (κ3) is 7.54. The average molecular weight is 476 g/mol. The Morgan fingerprint density at radius 2 is 1.33 bits per heavy atom. The normalized spacial score (nSPS) is 25.8. The number of carbonyl (C=O) groups is 1. The molecule has 2 aliphatic carbocycles. The standard InChI is InChI=1S/C24H26F6O3/c25-19-12-18(13-20(26)22(19)33-24(29)30)32-23(31)17-9-7-15(8-10-17)2-1-14-3-5-16(6-4-14)11-21(27)28/h1-2,11-17,24H,3-10H2/b2-1+. The van der Waals surface area contributed by atoms with Gasteiger partial charge in [-0.3, -0.25) is 4.79 Å². The van der Waals surface area contributed by atoms with Gasteiger partial charge < -0.3 is 9.47 Å². The molecule has 0 radical (unpaired) electrons. The zero-order valence-corrected chi connectivity index (χ0v) is 17.9. The molecule has 0 heterocycles. The van der Waals surface area contributed by atoms with E-state index in [2.05, 4.69) is 16.9 Å². The van der Waals surface area contributed by atoms with Crippen molar-refractivity contribution in [3.05, 3.63) is 48.1 Å². The van der Waals surface area contributed by atoms with Crippen LogP contribution in [0.15, 0.2) is 36.4 Å². The SMILES string of the molecule is O=C(Oc1cc(F)c(OC(F)F)c(F)c1)C1CCC(/C=C/C2CCC(C=C(F)F)CC2)CC1. The molecule has 2 fully saturated rings. The van der Waals surface area contributed by atoms with Crippen LogP contribution >= 0.6 is 0 Å². The van der Waals surface area contributed by atoms with E-state index >= 15 is 0 Å². The van der Waals surface area contributed by atoms with Crippen LogP contribution in [0.1, 0.15) is 51.4 Å². The van der Waals surface area contributed by atoms with Crippen molar-refractivity contribution in [1.82, 2.24) is 0 Å². The highest BCUT2D eigenvalue weighted by atomic mass is 19.3. The number of rotatable bonds is 7. The quantitative estimate of drug-likeness (QED) is 0.178. The molecule has 0 spiro atoms. The smallest absolute Gasteiger partial charge is 0.387 e. The number of carbonyl (C=O) groups excluding carboxylic acids is 1. The van der Waals surface area contributed by atoms with E-state index in [1.54, 1.807) is 0 Å². The summed E-state index contributed by atoms with van der Waals surface area (Å²) in [5.41, 5.74) is 0. The molecule has 0 atom stereocenters. The minimum absolute atomic E-state index is 0.0453. The van der Waals surface area contributed by atoms with Gasteiger partial charge in [0.25, 0.3) is 6.08 Å². The third-order valence-corrected chi connectivity index (χ3v) is 6.34. The summed E-state index contributed by atoms with van der Waals surface area (Å²) in [5.74, 6) is -4.80. The van der Waals surface area contributed by atoms with Gasteiger partial charge in [-0.05, 0) is 75.2 Å². The molecule has 0 aliphatic heterocycles. The molecule has 182 valence electrons. The van der Waals surface area contributed by atoms with Crippen molar-refractivity contribution < 1.29 is 40.6 Å². The molecule has 2 aliphatic rings. The predicted octanol–water partition coefficient (Wildman–Crippen LogP) is 7.42. The Labute approximate surface area is 188 Å². The Hall–Kier alpha value is -2.45. The maximum atomic E-state index is 13.8. The molecule has 9 heteroatoms. The Kier molecular flexibility index (Phi) is 8.86. The van der Waals surface area contributed by atoms with Crippen molar-refractivity contribution in [2.45, 2.75) is 58.0 Å². The molecule has 0 bridgehead atoms. The van der Waals surface area contributed by atoms with E-state index in [9.17, 15) is 31.1 Å². The van der Waals surface area contributed by atoms with E-state index in [1.165, 1.54) is 0 Å². The van der Waals surface area contributed by atoms with Crippen molar-refractivity contribution in [2.24, 2.45) is 23.7 Å². The molecule has 3 rings (SSSR count). The van der Waals surface area contributed by atoms with Crippen LogP contribution in [0.25, 0.3) is 0 Å². The van der Waals surface area contributed by atoms with E-state index in [0.717, 1.165) is 44.6 Å². The van der Waals surface area contributed by atoms with Gasteiger partial charge in [0.15, 0.2) is 17.4 Å². The van der Waals surface area contributed by atoms with Crippen LogP contribution in [0.2, 0.25) is 0 Å². The van der Waals surface area contributed by atoms with Crippen molar-refractivity contribution >= 4 is 5.97 Å². The van der Waals surface area contributed by atoms with Crippen molar-refractivity contribution in [1.29, 1.82) is 0 Å². The summed E-state index contributed by atoms with van der Waals surface area (Å²) < 4.78 is 85.6. The van der Waals surface area contributed by atoms with Gasteiger partial charge in [-0.25, -0.2) is 8.78 Å². The largest absolute Gasteiger partial charge is 0.429 e. The van der Waals surface area contributed by atoms with Crippen molar-refractivity contribution in [3.8, 4) is 11.5 Å². The molecule has 0 aromatic heterocycles. The third-order valence-electron chi connectivity index (χ3n) is 6.34. The first-order valence-electron chi connectivity index (χ1n) is 11.1. The van der Waals surface area contributed by atoms with Crippen LogP contribution in [-0.2, 0) is 4.79 Å². The number of esters is 1. The highest BCUT2D eigenvalue weighted by Crippen LogP contribution is 2.35.